The number of aryl methyl sites for hydroxylation is 1. The Bertz CT molecular complexity index is 765. The van der Waals surface area contributed by atoms with Gasteiger partial charge in [-0.15, -0.1) is 0 Å². The molecule has 1 fully saturated rings. The maximum absolute atomic E-state index is 12.1. The van der Waals surface area contributed by atoms with E-state index in [1.54, 1.807) is 6.07 Å². The van der Waals surface area contributed by atoms with Gasteiger partial charge in [-0.3, -0.25) is 9.69 Å². The van der Waals surface area contributed by atoms with Gasteiger partial charge >= 0.3 is 0 Å². The number of nitrogens with two attached hydrogens (primary N) is 1. The van der Waals surface area contributed by atoms with E-state index in [9.17, 15) is 4.79 Å². The van der Waals surface area contributed by atoms with Crippen LogP contribution in [0, 0.1) is 0 Å². The highest BCUT2D eigenvalue weighted by molar-refractivity contribution is 5.93. The van der Waals surface area contributed by atoms with Gasteiger partial charge < -0.3 is 15.8 Å². The van der Waals surface area contributed by atoms with E-state index in [2.05, 4.69) is 46.6 Å². The van der Waals surface area contributed by atoms with Crippen LogP contribution in [0.4, 0.5) is 11.4 Å². The third kappa shape index (κ3) is 6.24. The molecule has 1 aliphatic rings. The lowest BCUT2D eigenvalue weighted by Crippen LogP contribution is -2.36. The number of para-hydroxylation sites is 2. The van der Waals surface area contributed by atoms with Crippen LogP contribution in [0.15, 0.2) is 54.6 Å². The van der Waals surface area contributed by atoms with Gasteiger partial charge in [-0.25, -0.2) is 0 Å². The van der Waals surface area contributed by atoms with E-state index in [4.69, 9.17) is 10.5 Å². The summed E-state index contributed by atoms with van der Waals surface area (Å²) in [5.41, 5.74) is 9.43. The average Bonchev–Trinajstić information content (AvgIpc) is 2.70. The number of nitrogens with one attached hydrogen (secondary N) is 1. The van der Waals surface area contributed by atoms with Crippen LogP contribution in [0.5, 0.6) is 0 Å². The summed E-state index contributed by atoms with van der Waals surface area (Å²) in [4.78, 5) is 14.5. The number of hydrogen-bond donors (Lipinski definition) is 2. The maximum atomic E-state index is 12.1. The first-order valence-corrected chi connectivity index (χ1v) is 9.40. The Kier molecular flexibility index (Phi) is 7.02. The van der Waals surface area contributed by atoms with Gasteiger partial charge in [-0.2, -0.15) is 0 Å². The lowest BCUT2D eigenvalue weighted by atomic mass is 10.1. The summed E-state index contributed by atoms with van der Waals surface area (Å²) in [7, 11) is 0. The van der Waals surface area contributed by atoms with Crippen molar-refractivity contribution in [2.75, 3.05) is 43.9 Å². The van der Waals surface area contributed by atoms with Crippen molar-refractivity contribution in [3.05, 3.63) is 65.7 Å². The number of hydrogen-bond acceptors (Lipinski definition) is 4. The number of nitrogen functional groups attached to an aromatic ring is 1. The van der Waals surface area contributed by atoms with Gasteiger partial charge in [-0.05, 0) is 29.7 Å². The largest absolute Gasteiger partial charge is 0.397 e. The molecule has 0 unspecified atom stereocenters. The fourth-order valence-corrected chi connectivity index (χ4v) is 3.00. The predicted octanol–water partition coefficient (Wildman–Crippen LogP) is 3.19. The monoisotopic (exact) mass is 365 g/mol. The van der Waals surface area contributed by atoms with Crippen LogP contribution >= 0.6 is 0 Å². The number of carbonyl (C=O) groups is 1. The van der Waals surface area contributed by atoms with Gasteiger partial charge in [-0.1, -0.05) is 48.6 Å². The first-order valence-electron chi connectivity index (χ1n) is 9.40. The highest BCUT2D eigenvalue weighted by Gasteiger charge is 2.08. The van der Waals surface area contributed by atoms with Crippen LogP contribution < -0.4 is 11.1 Å². The quantitative estimate of drug-likeness (QED) is 0.740. The van der Waals surface area contributed by atoms with E-state index in [-0.39, 0.29) is 5.91 Å². The molecule has 0 radical (unpaired) electrons. The van der Waals surface area contributed by atoms with E-state index in [1.165, 1.54) is 5.56 Å². The van der Waals surface area contributed by atoms with E-state index in [0.717, 1.165) is 38.4 Å². The van der Waals surface area contributed by atoms with E-state index < -0.39 is 0 Å². The molecule has 1 amide bonds. The minimum Gasteiger partial charge on any atom is -0.397 e. The first-order chi connectivity index (χ1) is 13.2. The van der Waals surface area contributed by atoms with Crippen LogP contribution in [-0.2, 0) is 16.0 Å². The minimum absolute atomic E-state index is 0.0256. The summed E-state index contributed by atoms with van der Waals surface area (Å²) in [6.45, 7) is 4.60. The van der Waals surface area contributed by atoms with Crippen molar-refractivity contribution < 1.29 is 9.53 Å². The SMILES string of the molecule is Nc1ccccc1NC(=O)CCc1ccc(C=CCN2CCOCC2)cc1. The molecule has 0 aliphatic carbocycles. The zero-order valence-corrected chi connectivity index (χ0v) is 15.6. The van der Waals surface area contributed by atoms with Crippen LogP contribution in [0.2, 0.25) is 0 Å². The van der Waals surface area contributed by atoms with Crippen molar-refractivity contribution in [3.8, 4) is 0 Å². The van der Waals surface area contributed by atoms with Gasteiger partial charge in [0.1, 0.15) is 0 Å². The third-order valence-corrected chi connectivity index (χ3v) is 4.63. The second-order valence-corrected chi connectivity index (χ2v) is 6.69. The molecule has 0 spiro atoms. The van der Waals surface area contributed by atoms with Crippen molar-refractivity contribution in [2.24, 2.45) is 0 Å². The molecule has 2 aromatic carbocycles. The third-order valence-electron chi connectivity index (χ3n) is 4.63. The van der Waals surface area contributed by atoms with Crippen molar-refractivity contribution in [3.63, 3.8) is 0 Å². The molecule has 5 nitrogen and oxygen atoms in total. The number of ether oxygens (including phenoxy) is 1. The molecule has 1 saturated heterocycles. The fraction of sp³-hybridized carbons (Fsp3) is 0.318. The van der Waals surface area contributed by atoms with E-state index >= 15 is 0 Å². The number of rotatable bonds is 7. The van der Waals surface area contributed by atoms with E-state index in [1.807, 2.05) is 18.2 Å². The number of nitrogens with zero attached hydrogens (tertiary/aromatic N) is 1. The van der Waals surface area contributed by atoms with Crippen LogP contribution in [0.1, 0.15) is 17.5 Å². The fourth-order valence-electron chi connectivity index (χ4n) is 3.00. The summed E-state index contributed by atoms with van der Waals surface area (Å²) in [6, 6.07) is 15.7. The van der Waals surface area contributed by atoms with Crippen molar-refractivity contribution in [1.82, 2.24) is 4.90 Å². The molecule has 1 heterocycles. The number of amides is 1. The van der Waals surface area contributed by atoms with Crippen LogP contribution in [0.3, 0.4) is 0 Å². The summed E-state index contributed by atoms with van der Waals surface area (Å²) in [5.74, 6) is -0.0256. The van der Waals surface area contributed by atoms with Crippen molar-refractivity contribution in [2.45, 2.75) is 12.8 Å². The Morgan fingerprint density at radius 1 is 1.11 bits per heavy atom. The molecule has 27 heavy (non-hydrogen) atoms. The summed E-state index contributed by atoms with van der Waals surface area (Å²) in [5, 5.41) is 2.86. The molecule has 1 aliphatic heterocycles. The van der Waals surface area contributed by atoms with Gasteiger partial charge in [0, 0.05) is 26.1 Å². The van der Waals surface area contributed by atoms with Crippen LogP contribution in [-0.4, -0.2) is 43.7 Å². The van der Waals surface area contributed by atoms with Crippen LogP contribution in [0.25, 0.3) is 6.08 Å². The lowest BCUT2D eigenvalue weighted by molar-refractivity contribution is -0.116. The van der Waals surface area contributed by atoms with Gasteiger partial charge in [0.15, 0.2) is 0 Å². The van der Waals surface area contributed by atoms with Crippen molar-refractivity contribution in [1.29, 1.82) is 0 Å². The van der Waals surface area contributed by atoms with Gasteiger partial charge in [0.05, 0.1) is 24.6 Å². The van der Waals surface area contributed by atoms with Crippen molar-refractivity contribution >= 4 is 23.4 Å². The Labute approximate surface area is 160 Å². The Morgan fingerprint density at radius 3 is 2.59 bits per heavy atom. The second kappa shape index (κ2) is 9.90. The van der Waals surface area contributed by atoms with Gasteiger partial charge in [0.25, 0.3) is 0 Å². The van der Waals surface area contributed by atoms with E-state index in [0.29, 0.717) is 24.2 Å². The zero-order chi connectivity index (χ0) is 18.9. The average molecular weight is 365 g/mol. The molecular weight excluding hydrogens is 338 g/mol. The Balaban J connectivity index is 1.43. The number of morpholine rings is 1. The number of carbonyl (C=O) groups excluding carboxylic acids is 1. The first kappa shape index (κ1) is 19.1. The molecule has 5 heteroatoms. The maximum Gasteiger partial charge on any atom is 0.224 e. The van der Waals surface area contributed by atoms with Gasteiger partial charge in [0.2, 0.25) is 5.91 Å². The molecular formula is C22H27N3O2. The normalized spacial score (nSPS) is 15.1. The molecule has 0 bridgehead atoms. The number of benzene rings is 2. The lowest BCUT2D eigenvalue weighted by Gasteiger charge is -2.25. The standard InChI is InChI=1S/C22H27N3O2/c23-20-5-1-2-6-21(20)24-22(26)12-11-19-9-7-18(8-10-19)4-3-13-25-14-16-27-17-15-25/h1-10H,11-17,23H2,(H,24,26). The number of anilines is 2. The molecule has 2 aromatic rings. The minimum atomic E-state index is -0.0256. The highest BCUT2D eigenvalue weighted by Crippen LogP contribution is 2.17. The summed E-state index contributed by atoms with van der Waals surface area (Å²) in [6.07, 6.45) is 5.47. The Hall–Kier alpha value is -2.63. The predicted molar refractivity (Wildman–Crippen MR) is 111 cm³/mol. The molecule has 0 atom stereocenters. The summed E-state index contributed by atoms with van der Waals surface area (Å²) < 4.78 is 5.36. The highest BCUT2D eigenvalue weighted by atomic mass is 16.5. The topological polar surface area (TPSA) is 67.6 Å². The zero-order valence-electron chi connectivity index (χ0n) is 15.6. The summed E-state index contributed by atoms with van der Waals surface area (Å²) >= 11 is 0. The smallest absolute Gasteiger partial charge is 0.224 e. The molecule has 3 rings (SSSR count). The molecule has 142 valence electrons. The molecule has 0 saturated carbocycles. The Morgan fingerprint density at radius 2 is 1.85 bits per heavy atom. The molecule has 3 N–H and O–H groups in total. The molecule has 0 aromatic heterocycles. The second-order valence-electron chi connectivity index (χ2n) is 6.69.